The SMILES string of the molecule is COc1ncccc1CNCc1cc(F)ccc1F. The summed E-state index contributed by atoms with van der Waals surface area (Å²) in [5, 5.41) is 3.03. The van der Waals surface area contributed by atoms with Crippen LogP contribution in [0, 0.1) is 11.6 Å². The van der Waals surface area contributed by atoms with E-state index in [1.165, 1.54) is 13.2 Å². The van der Waals surface area contributed by atoms with Gasteiger partial charge in [0.1, 0.15) is 11.6 Å². The molecule has 1 aromatic carbocycles. The first-order valence-corrected chi connectivity index (χ1v) is 5.83. The van der Waals surface area contributed by atoms with Crippen LogP contribution >= 0.6 is 0 Å². The molecule has 0 spiro atoms. The average Bonchev–Trinajstić information content (AvgIpc) is 2.43. The molecule has 5 heteroatoms. The first kappa shape index (κ1) is 13.4. The minimum atomic E-state index is -0.447. The lowest BCUT2D eigenvalue weighted by molar-refractivity contribution is 0.390. The van der Waals surface area contributed by atoms with Crippen LogP contribution in [0.25, 0.3) is 0 Å². The standard InChI is InChI=1S/C14H14F2N2O/c1-19-14-10(3-2-6-18-14)8-17-9-11-7-12(15)4-5-13(11)16/h2-7,17H,8-9H2,1H3. The van der Waals surface area contributed by atoms with Crippen LogP contribution < -0.4 is 10.1 Å². The number of nitrogens with one attached hydrogen (secondary N) is 1. The summed E-state index contributed by atoms with van der Waals surface area (Å²) in [4.78, 5) is 4.06. The summed E-state index contributed by atoms with van der Waals surface area (Å²) in [7, 11) is 1.54. The van der Waals surface area contributed by atoms with Crippen molar-refractivity contribution in [1.29, 1.82) is 0 Å². The van der Waals surface area contributed by atoms with E-state index in [9.17, 15) is 8.78 Å². The largest absolute Gasteiger partial charge is 0.481 e. The molecule has 0 radical (unpaired) electrons. The van der Waals surface area contributed by atoms with Gasteiger partial charge in [0.15, 0.2) is 0 Å². The Morgan fingerprint density at radius 2 is 1.95 bits per heavy atom. The molecule has 0 atom stereocenters. The summed E-state index contributed by atoms with van der Waals surface area (Å²) in [6.07, 6.45) is 1.63. The molecule has 3 nitrogen and oxygen atoms in total. The second-order valence-corrected chi connectivity index (χ2v) is 4.01. The zero-order valence-electron chi connectivity index (χ0n) is 10.5. The van der Waals surface area contributed by atoms with Gasteiger partial charge in [0.05, 0.1) is 7.11 Å². The minimum absolute atomic E-state index is 0.238. The van der Waals surface area contributed by atoms with Crippen molar-refractivity contribution in [3.8, 4) is 5.88 Å². The van der Waals surface area contributed by atoms with Crippen LogP contribution in [0.1, 0.15) is 11.1 Å². The number of hydrogen-bond donors (Lipinski definition) is 1. The van der Waals surface area contributed by atoms with E-state index in [0.717, 1.165) is 17.7 Å². The Hall–Kier alpha value is -2.01. The topological polar surface area (TPSA) is 34.1 Å². The highest BCUT2D eigenvalue weighted by Gasteiger charge is 2.05. The van der Waals surface area contributed by atoms with Crippen molar-refractivity contribution in [3.63, 3.8) is 0 Å². The van der Waals surface area contributed by atoms with Crippen molar-refractivity contribution >= 4 is 0 Å². The minimum Gasteiger partial charge on any atom is -0.481 e. The zero-order chi connectivity index (χ0) is 13.7. The number of rotatable bonds is 5. The van der Waals surface area contributed by atoms with Crippen LogP contribution in [0.5, 0.6) is 5.88 Å². The van der Waals surface area contributed by atoms with Crippen molar-refractivity contribution in [2.45, 2.75) is 13.1 Å². The predicted octanol–water partition coefficient (Wildman–Crippen LogP) is 2.66. The molecule has 2 aromatic rings. The van der Waals surface area contributed by atoms with Crippen molar-refractivity contribution in [1.82, 2.24) is 10.3 Å². The monoisotopic (exact) mass is 264 g/mol. The van der Waals surface area contributed by atoms with E-state index in [1.807, 2.05) is 6.07 Å². The molecule has 19 heavy (non-hydrogen) atoms. The lowest BCUT2D eigenvalue weighted by Crippen LogP contribution is -2.14. The molecule has 0 aliphatic carbocycles. The average molecular weight is 264 g/mol. The van der Waals surface area contributed by atoms with Gasteiger partial charge < -0.3 is 10.1 Å². The van der Waals surface area contributed by atoms with E-state index in [-0.39, 0.29) is 6.54 Å². The Kier molecular flexibility index (Phi) is 4.41. The van der Waals surface area contributed by atoms with E-state index in [4.69, 9.17) is 4.74 Å². The zero-order valence-corrected chi connectivity index (χ0v) is 10.5. The molecular weight excluding hydrogens is 250 g/mol. The van der Waals surface area contributed by atoms with Crippen molar-refractivity contribution in [2.24, 2.45) is 0 Å². The van der Waals surface area contributed by atoms with E-state index in [0.29, 0.717) is 18.0 Å². The van der Waals surface area contributed by atoms with Crippen LogP contribution in [0.15, 0.2) is 36.5 Å². The Labute approximate surface area is 110 Å². The summed E-state index contributed by atoms with van der Waals surface area (Å²) in [6.45, 7) is 0.703. The molecule has 0 saturated heterocycles. The van der Waals surface area contributed by atoms with Gasteiger partial charge in [-0.25, -0.2) is 13.8 Å². The van der Waals surface area contributed by atoms with Gasteiger partial charge in [-0.3, -0.25) is 0 Å². The van der Waals surface area contributed by atoms with E-state index in [1.54, 1.807) is 12.3 Å². The predicted molar refractivity (Wildman–Crippen MR) is 67.7 cm³/mol. The first-order chi connectivity index (χ1) is 9.20. The third kappa shape index (κ3) is 3.48. The van der Waals surface area contributed by atoms with Gasteiger partial charge in [-0.1, -0.05) is 6.07 Å². The fourth-order valence-electron chi connectivity index (χ4n) is 1.75. The lowest BCUT2D eigenvalue weighted by atomic mass is 10.2. The molecule has 0 unspecified atom stereocenters. The van der Waals surface area contributed by atoms with Gasteiger partial charge in [0, 0.05) is 30.4 Å². The second kappa shape index (κ2) is 6.24. The number of halogens is 2. The highest BCUT2D eigenvalue weighted by atomic mass is 19.1. The molecule has 0 saturated carbocycles. The fourth-order valence-corrected chi connectivity index (χ4v) is 1.75. The summed E-state index contributed by atoms with van der Waals surface area (Å²) in [5.41, 5.74) is 1.16. The maximum Gasteiger partial charge on any atom is 0.217 e. The lowest BCUT2D eigenvalue weighted by Gasteiger charge is -2.09. The van der Waals surface area contributed by atoms with Gasteiger partial charge >= 0.3 is 0 Å². The molecule has 100 valence electrons. The number of methoxy groups -OCH3 is 1. The fraction of sp³-hybridized carbons (Fsp3) is 0.214. The first-order valence-electron chi connectivity index (χ1n) is 5.83. The van der Waals surface area contributed by atoms with E-state index >= 15 is 0 Å². The number of benzene rings is 1. The van der Waals surface area contributed by atoms with Crippen LogP contribution in [0.4, 0.5) is 8.78 Å². The van der Waals surface area contributed by atoms with Crippen LogP contribution in [0.2, 0.25) is 0 Å². The number of pyridine rings is 1. The molecular formula is C14H14F2N2O. The molecule has 1 N–H and O–H groups in total. The number of nitrogens with zero attached hydrogens (tertiary/aromatic N) is 1. The molecule has 0 bridgehead atoms. The van der Waals surface area contributed by atoms with Crippen molar-refractivity contribution < 1.29 is 13.5 Å². The summed E-state index contributed by atoms with van der Waals surface area (Å²) in [5.74, 6) is -0.348. The van der Waals surface area contributed by atoms with Crippen LogP contribution in [0.3, 0.4) is 0 Å². The maximum absolute atomic E-state index is 13.4. The molecule has 0 amide bonds. The van der Waals surface area contributed by atoms with Gasteiger partial charge in [-0.05, 0) is 24.3 Å². The second-order valence-electron chi connectivity index (χ2n) is 4.01. The van der Waals surface area contributed by atoms with Crippen LogP contribution in [-0.4, -0.2) is 12.1 Å². The van der Waals surface area contributed by atoms with E-state index < -0.39 is 11.6 Å². The summed E-state index contributed by atoms with van der Waals surface area (Å²) in [6, 6.07) is 7.06. The Morgan fingerprint density at radius 1 is 1.16 bits per heavy atom. The number of ether oxygens (including phenoxy) is 1. The molecule has 2 rings (SSSR count). The summed E-state index contributed by atoms with van der Waals surface area (Å²) < 4.78 is 31.5. The third-order valence-corrected chi connectivity index (χ3v) is 2.68. The van der Waals surface area contributed by atoms with E-state index in [2.05, 4.69) is 10.3 Å². The Balaban J connectivity index is 1.98. The van der Waals surface area contributed by atoms with Gasteiger partial charge in [-0.15, -0.1) is 0 Å². The quantitative estimate of drug-likeness (QED) is 0.901. The third-order valence-electron chi connectivity index (χ3n) is 2.68. The highest BCUT2D eigenvalue weighted by Crippen LogP contribution is 2.14. The maximum atomic E-state index is 13.4. The molecule has 1 aromatic heterocycles. The van der Waals surface area contributed by atoms with Crippen LogP contribution in [-0.2, 0) is 13.1 Å². The highest BCUT2D eigenvalue weighted by molar-refractivity contribution is 5.25. The molecule has 0 aliphatic rings. The number of hydrogen-bond acceptors (Lipinski definition) is 3. The van der Waals surface area contributed by atoms with Gasteiger partial charge in [0.25, 0.3) is 0 Å². The molecule has 1 heterocycles. The summed E-state index contributed by atoms with van der Waals surface area (Å²) >= 11 is 0. The molecule has 0 aliphatic heterocycles. The Bertz CT molecular complexity index is 561. The smallest absolute Gasteiger partial charge is 0.217 e. The van der Waals surface area contributed by atoms with Crippen molar-refractivity contribution in [2.75, 3.05) is 7.11 Å². The molecule has 0 fully saturated rings. The van der Waals surface area contributed by atoms with Gasteiger partial charge in [-0.2, -0.15) is 0 Å². The van der Waals surface area contributed by atoms with Gasteiger partial charge in [0.2, 0.25) is 5.88 Å². The normalized spacial score (nSPS) is 10.5. The Morgan fingerprint density at radius 3 is 2.74 bits per heavy atom. The van der Waals surface area contributed by atoms with Crippen molar-refractivity contribution in [3.05, 3.63) is 59.3 Å². The number of aromatic nitrogens is 1.